The second kappa shape index (κ2) is 9.66. The lowest BCUT2D eigenvalue weighted by molar-refractivity contribution is -0.200. The van der Waals surface area contributed by atoms with Gasteiger partial charge in [0, 0.05) is 29.7 Å². The van der Waals surface area contributed by atoms with Gasteiger partial charge < -0.3 is 20.6 Å². The van der Waals surface area contributed by atoms with E-state index in [1.165, 1.54) is 36.4 Å². The third kappa shape index (κ3) is 5.54. The average Bonchev–Trinajstić information content (AvgIpc) is 2.79. The van der Waals surface area contributed by atoms with Crippen molar-refractivity contribution in [2.75, 3.05) is 18.4 Å². The van der Waals surface area contributed by atoms with Crippen LogP contribution in [0.5, 0.6) is 5.75 Å². The first-order valence-electron chi connectivity index (χ1n) is 9.65. The summed E-state index contributed by atoms with van der Waals surface area (Å²) in [5.74, 6) is -6.50. The van der Waals surface area contributed by atoms with Gasteiger partial charge in [-0.05, 0) is 18.2 Å². The van der Waals surface area contributed by atoms with Crippen molar-refractivity contribution in [3.8, 4) is 17.0 Å². The van der Waals surface area contributed by atoms with Crippen LogP contribution in [0.1, 0.15) is 0 Å². The third-order valence-electron chi connectivity index (χ3n) is 4.45. The number of rotatable bonds is 6. The van der Waals surface area contributed by atoms with Crippen LogP contribution in [0.4, 0.5) is 32.0 Å². The minimum absolute atomic E-state index is 0.154. The molecule has 0 amide bonds. The van der Waals surface area contributed by atoms with Crippen molar-refractivity contribution in [1.82, 2.24) is 4.73 Å². The van der Waals surface area contributed by atoms with Gasteiger partial charge >= 0.3 is 24.3 Å². The lowest BCUT2D eigenvalue weighted by atomic mass is 10.0. The van der Waals surface area contributed by atoms with Crippen molar-refractivity contribution < 1.29 is 45.5 Å². The Hall–Kier alpha value is -4.07. The van der Waals surface area contributed by atoms with E-state index in [-0.39, 0.29) is 34.5 Å². The first kappa shape index (κ1) is 25.6. The van der Waals surface area contributed by atoms with Gasteiger partial charge in [-0.2, -0.15) is 26.3 Å². The number of carbonyl (C=O) groups excluding carboxylic acids is 2. The van der Waals surface area contributed by atoms with E-state index in [9.17, 15) is 40.7 Å². The maximum absolute atomic E-state index is 13.1. The lowest BCUT2D eigenvalue weighted by Crippen LogP contribution is -2.39. The number of alkyl halides is 6. The summed E-state index contributed by atoms with van der Waals surface area (Å²) in [6, 6.07) is 10.1. The molecule has 14 heteroatoms. The zero-order valence-electron chi connectivity index (χ0n) is 17.4. The highest BCUT2D eigenvalue weighted by Gasteiger charge is 2.44. The third-order valence-corrected chi connectivity index (χ3v) is 4.45. The Bertz CT molecular complexity index is 1320. The van der Waals surface area contributed by atoms with E-state index in [1.807, 2.05) is 0 Å². The molecule has 3 rings (SSSR count). The number of fused-ring (bicyclic) bond motifs is 1. The fourth-order valence-electron chi connectivity index (χ4n) is 3.00. The molecular weight excluding hydrogens is 488 g/mol. The normalized spacial score (nSPS) is 11.9. The molecule has 0 saturated carbocycles. The summed E-state index contributed by atoms with van der Waals surface area (Å²) < 4.78 is 82.2. The van der Waals surface area contributed by atoms with Gasteiger partial charge in [-0.1, -0.05) is 30.3 Å². The van der Waals surface area contributed by atoms with Crippen molar-refractivity contribution >= 4 is 28.4 Å². The number of carbonyl (C=O) groups is 2. The van der Waals surface area contributed by atoms with Crippen LogP contribution in [0.3, 0.4) is 0 Å². The molecule has 0 aliphatic heterocycles. The molecule has 0 atom stereocenters. The predicted molar refractivity (Wildman–Crippen MR) is 111 cm³/mol. The predicted octanol–water partition coefficient (Wildman–Crippen LogP) is 3.02. The van der Waals surface area contributed by atoms with Gasteiger partial charge in [-0.15, -0.1) is 4.73 Å². The summed E-state index contributed by atoms with van der Waals surface area (Å²) in [5.41, 5.74) is 3.27. The number of pyridine rings is 1. The van der Waals surface area contributed by atoms with E-state index in [4.69, 9.17) is 5.73 Å². The van der Waals surface area contributed by atoms with Crippen LogP contribution >= 0.6 is 0 Å². The van der Waals surface area contributed by atoms with Crippen LogP contribution in [0.25, 0.3) is 22.0 Å². The number of nitrogens with zero attached hydrogens (tertiary/aromatic N) is 1. The highest BCUT2D eigenvalue weighted by Crippen LogP contribution is 2.37. The van der Waals surface area contributed by atoms with Gasteiger partial charge in [0.15, 0.2) is 5.75 Å². The summed E-state index contributed by atoms with van der Waals surface area (Å²) in [7, 11) is 0. The van der Waals surface area contributed by atoms with E-state index >= 15 is 0 Å². The Labute approximate surface area is 191 Å². The summed E-state index contributed by atoms with van der Waals surface area (Å²) in [4.78, 5) is 40.7. The number of hydrogen-bond acceptors (Lipinski definition) is 7. The molecule has 3 N–H and O–H groups in total. The Morgan fingerprint density at radius 3 is 2.11 bits per heavy atom. The van der Waals surface area contributed by atoms with E-state index < -0.39 is 46.7 Å². The molecule has 0 bridgehead atoms. The molecule has 0 radical (unpaired) electrons. The van der Waals surface area contributed by atoms with Crippen LogP contribution in [0.15, 0.2) is 53.3 Å². The first-order chi connectivity index (χ1) is 16.3. The number of ether oxygens (including phenoxy) is 1. The zero-order valence-corrected chi connectivity index (χ0v) is 17.4. The Balaban J connectivity index is 2.41. The van der Waals surface area contributed by atoms with Crippen molar-refractivity contribution in [3.63, 3.8) is 0 Å². The number of nitrogens with one attached hydrogen (secondary N) is 1. The second-order valence-electron chi connectivity index (χ2n) is 6.88. The first-order valence-corrected chi connectivity index (χ1v) is 9.65. The maximum Gasteiger partial charge on any atom is 0.493 e. The summed E-state index contributed by atoms with van der Waals surface area (Å²) >= 11 is 0. The summed E-state index contributed by atoms with van der Waals surface area (Å²) in [6.45, 7) is 0.369. The molecule has 3 aromatic rings. The standard InChI is InChI=1S/C21H15F6N3O5/c22-20(23,24)18(32)34-16-13-7-6-12(29-9-8-28)10-14(13)17(31)30(35-19(33)21(25,26)27)15(16)11-4-2-1-3-5-11/h1-7,10,29H,8-9,28H2. The van der Waals surface area contributed by atoms with Crippen molar-refractivity contribution in [1.29, 1.82) is 0 Å². The highest BCUT2D eigenvalue weighted by molar-refractivity contribution is 5.97. The molecule has 186 valence electrons. The SMILES string of the molecule is NCCNc1ccc2c(OC(=O)C(F)(F)F)c(-c3ccccc3)n(OC(=O)C(F)(F)F)c(=O)c2c1. The molecule has 1 heterocycles. The largest absolute Gasteiger partial charge is 0.493 e. The summed E-state index contributed by atoms with van der Waals surface area (Å²) in [5, 5.41) is 1.92. The summed E-state index contributed by atoms with van der Waals surface area (Å²) in [6.07, 6.45) is -11.1. The fourth-order valence-corrected chi connectivity index (χ4v) is 3.00. The van der Waals surface area contributed by atoms with E-state index in [0.29, 0.717) is 0 Å². The fraction of sp³-hybridized carbons (Fsp3) is 0.190. The zero-order chi connectivity index (χ0) is 26.0. The monoisotopic (exact) mass is 503 g/mol. The smallest absolute Gasteiger partial charge is 0.417 e. The van der Waals surface area contributed by atoms with E-state index in [0.717, 1.165) is 12.1 Å². The number of anilines is 1. The van der Waals surface area contributed by atoms with Crippen LogP contribution < -0.4 is 26.2 Å². The molecule has 1 aromatic heterocycles. The van der Waals surface area contributed by atoms with Crippen LogP contribution in [0, 0.1) is 0 Å². The molecule has 2 aromatic carbocycles. The molecule has 8 nitrogen and oxygen atoms in total. The molecular formula is C21H15F6N3O5. The van der Waals surface area contributed by atoms with Gasteiger partial charge in [0.25, 0.3) is 5.56 Å². The van der Waals surface area contributed by atoms with Crippen molar-refractivity contribution in [3.05, 3.63) is 58.9 Å². The van der Waals surface area contributed by atoms with Gasteiger partial charge in [-0.25, -0.2) is 9.59 Å². The topological polar surface area (TPSA) is 113 Å². The second-order valence-corrected chi connectivity index (χ2v) is 6.88. The lowest BCUT2D eigenvalue weighted by Gasteiger charge is -2.20. The van der Waals surface area contributed by atoms with Gasteiger partial charge in [0.2, 0.25) is 0 Å². The maximum atomic E-state index is 13.1. The minimum Gasteiger partial charge on any atom is -0.417 e. The number of benzene rings is 2. The average molecular weight is 503 g/mol. The minimum atomic E-state index is -5.56. The van der Waals surface area contributed by atoms with E-state index in [2.05, 4.69) is 14.9 Å². The number of hydrogen-bond donors (Lipinski definition) is 2. The molecule has 0 fully saturated rings. The Morgan fingerprint density at radius 1 is 0.914 bits per heavy atom. The Kier molecular flexibility index (Phi) is 7.05. The Morgan fingerprint density at radius 2 is 1.54 bits per heavy atom. The molecule has 35 heavy (non-hydrogen) atoms. The van der Waals surface area contributed by atoms with Gasteiger partial charge in [0.05, 0.1) is 5.39 Å². The number of halogens is 6. The number of aromatic nitrogens is 1. The van der Waals surface area contributed by atoms with Crippen LogP contribution in [-0.2, 0) is 9.59 Å². The quantitative estimate of drug-likeness (QED) is 0.393. The van der Waals surface area contributed by atoms with Crippen LogP contribution in [0.2, 0.25) is 0 Å². The molecule has 0 saturated heterocycles. The van der Waals surface area contributed by atoms with Crippen LogP contribution in [-0.4, -0.2) is 42.1 Å². The number of nitrogens with two attached hydrogens (primary N) is 1. The van der Waals surface area contributed by atoms with Gasteiger partial charge in [-0.3, -0.25) is 4.79 Å². The van der Waals surface area contributed by atoms with Crippen molar-refractivity contribution in [2.24, 2.45) is 5.73 Å². The van der Waals surface area contributed by atoms with Crippen molar-refractivity contribution in [2.45, 2.75) is 12.4 Å². The number of esters is 1. The molecule has 0 aliphatic rings. The van der Waals surface area contributed by atoms with E-state index in [1.54, 1.807) is 0 Å². The molecule has 0 unspecified atom stereocenters. The molecule has 0 spiro atoms. The van der Waals surface area contributed by atoms with Gasteiger partial charge in [0.1, 0.15) is 5.69 Å². The molecule has 0 aliphatic carbocycles. The highest BCUT2D eigenvalue weighted by atomic mass is 19.4.